The second-order valence-electron chi connectivity index (χ2n) is 3.54. The van der Waals surface area contributed by atoms with Gasteiger partial charge < -0.3 is 10.2 Å². The summed E-state index contributed by atoms with van der Waals surface area (Å²) in [6, 6.07) is 1.67. The zero-order valence-corrected chi connectivity index (χ0v) is 10.6. The van der Waals surface area contributed by atoms with E-state index in [9.17, 15) is 0 Å². The van der Waals surface area contributed by atoms with Crippen LogP contribution < -0.4 is 5.32 Å². The van der Waals surface area contributed by atoms with Crippen LogP contribution in [0.25, 0.3) is 0 Å². The Balaban J connectivity index is 0.000000379. The Hall–Kier alpha value is -0.0800. The van der Waals surface area contributed by atoms with Crippen molar-refractivity contribution in [3.8, 4) is 0 Å². The molecule has 2 unspecified atom stereocenters. The molecule has 0 spiro atoms. The number of nitrogens with zero attached hydrogens (tertiary/aromatic N) is 1. The predicted molar refractivity (Wildman–Crippen MR) is 64.8 cm³/mol. The van der Waals surface area contributed by atoms with Crippen molar-refractivity contribution in [3.63, 3.8) is 0 Å². The standard InChI is InChI=1S/C8H16N2.2C2H6/c1-10-6-4-7-8(10)3-2-5-9-7;2*1-2/h7-9H,2-6H2,1H3;2*1-2H3. The summed E-state index contributed by atoms with van der Waals surface area (Å²) in [5.41, 5.74) is 0. The lowest BCUT2D eigenvalue weighted by Crippen LogP contribution is -2.45. The number of fused-ring (bicyclic) bond motifs is 1. The minimum absolute atomic E-state index is 0.818. The Morgan fingerprint density at radius 3 is 2.29 bits per heavy atom. The zero-order valence-electron chi connectivity index (χ0n) is 10.6. The number of rotatable bonds is 0. The Labute approximate surface area is 90.1 Å². The van der Waals surface area contributed by atoms with Gasteiger partial charge in [-0.15, -0.1) is 0 Å². The fourth-order valence-electron chi connectivity index (χ4n) is 2.27. The van der Waals surface area contributed by atoms with Gasteiger partial charge in [0.25, 0.3) is 0 Å². The molecule has 2 heterocycles. The molecule has 2 nitrogen and oxygen atoms in total. The summed E-state index contributed by atoms with van der Waals surface area (Å²) < 4.78 is 0. The van der Waals surface area contributed by atoms with Gasteiger partial charge in [0, 0.05) is 12.1 Å². The summed E-state index contributed by atoms with van der Waals surface area (Å²) in [5, 5.41) is 3.57. The molecule has 0 radical (unpaired) electrons. The van der Waals surface area contributed by atoms with Gasteiger partial charge in [-0.25, -0.2) is 0 Å². The van der Waals surface area contributed by atoms with Crippen molar-refractivity contribution in [1.29, 1.82) is 0 Å². The quantitative estimate of drug-likeness (QED) is 0.646. The summed E-state index contributed by atoms with van der Waals surface area (Å²) in [5.74, 6) is 0. The predicted octanol–water partition coefficient (Wildman–Crippen LogP) is 2.49. The molecule has 0 amide bonds. The van der Waals surface area contributed by atoms with Crippen molar-refractivity contribution in [3.05, 3.63) is 0 Å². The second-order valence-corrected chi connectivity index (χ2v) is 3.54. The first-order valence-corrected chi connectivity index (χ1v) is 6.31. The summed E-state index contributed by atoms with van der Waals surface area (Å²) in [7, 11) is 2.25. The third-order valence-corrected chi connectivity index (χ3v) is 2.91. The molecule has 2 aliphatic rings. The number of hydrogen-bond donors (Lipinski definition) is 1. The molecule has 1 N–H and O–H groups in total. The van der Waals surface area contributed by atoms with E-state index < -0.39 is 0 Å². The number of hydrogen-bond acceptors (Lipinski definition) is 2. The molecule has 86 valence electrons. The highest BCUT2D eigenvalue weighted by Crippen LogP contribution is 2.22. The highest BCUT2D eigenvalue weighted by atomic mass is 15.2. The van der Waals surface area contributed by atoms with Gasteiger partial charge in [0.1, 0.15) is 0 Å². The molecule has 0 aromatic rings. The Kier molecular flexibility index (Phi) is 8.20. The van der Waals surface area contributed by atoms with Crippen LogP contribution in [0.2, 0.25) is 0 Å². The number of likely N-dealkylation sites (N-methyl/N-ethyl adjacent to an activating group) is 1. The molecular weight excluding hydrogens is 172 g/mol. The summed E-state index contributed by atoms with van der Waals surface area (Å²) in [6.45, 7) is 10.5. The van der Waals surface area contributed by atoms with Crippen LogP contribution in [0.4, 0.5) is 0 Å². The van der Waals surface area contributed by atoms with Crippen LogP contribution in [0.5, 0.6) is 0 Å². The Morgan fingerprint density at radius 2 is 1.71 bits per heavy atom. The fraction of sp³-hybridized carbons (Fsp3) is 1.00. The average Bonchev–Trinajstić information content (AvgIpc) is 2.67. The molecule has 0 aromatic carbocycles. The molecule has 0 aromatic heterocycles. The van der Waals surface area contributed by atoms with Gasteiger partial charge in [-0.1, -0.05) is 27.7 Å². The normalized spacial score (nSPS) is 30.6. The monoisotopic (exact) mass is 200 g/mol. The van der Waals surface area contributed by atoms with Gasteiger partial charge in [0.2, 0.25) is 0 Å². The molecule has 0 saturated carbocycles. The minimum Gasteiger partial charge on any atom is -0.312 e. The highest BCUT2D eigenvalue weighted by Gasteiger charge is 2.32. The van der Waals surface area contributed by atoms with Crippen LogP contribution in [0, 0.1) is 0 Å². The average molecular weight is 200 g/mol. The van der Waals surface area contributed by atoms with Gasteiger partial charge in [-0.3, -0.25) is 0 Å². The van der Waals surface area contributed by atoms with E-state index in [0.717, 1.165) is 12.1 Å². The second kappa shape index (κ2) is 8.25. The van der Waals surface area contributed by atoms with Gasteiger partial charge >= 0.3 is 0 Å². The third-order valence-electron chi connectivity index (χ3n) is 2.91. The largest absolute Gasteiger partial charge is 0.312 e. The molecule has 2 heteroatoms. The Morgan fingerprint density at radius 1 is 1.07 bits per heavy atom. The first-order chi connectivity index (χ1) is 6.88. The molecule has 2 rings (SSSR count). The van der Waals surface area contributed by atoms with Gasteiger partial charge in [0.15, 0.2) is 0 Å². The maximum atomic E-state index is 3.57. The molecule has 2 fully saturated rings. The van der Waals surface area contributed by atoms with Crippen LogP contribution >= 0.6 is 0 Å². The maximum absolute atomic E-state index is 3.57. The van der Waals surface area contributed by atoms with E-state index in [2.05, 4.69) is 17.3 Å². The van der Waals surface area contributed by atoms with Crippen LogP contribution in [0.3, 0.4) is 0 Å². The molecule has 0 aliphatic carbocycles. The van der Waals surface area contributed by atoms with E-state index in [0.29, 0.717) is 0 Å². The number of nitrogens with one attached hydrogen (secondary N) is 1. The van der Waals surface area contributed by atoms with Gasteiger partial charge in [0.05, 0.1) is 0 Å². The highest BCUT2D eigenvalue weighted by molar-refractivity contribution is 4.92. The molecular formula is C12H28N2. The first kappa shape index (κ1) is 13.9. The van der Waals surface area contributed by atoms with Crippen LogP contribution in [0.1, 0.15) is 47.0 Å². The van der Waals surface area contributed by atoms with E-state index in [4.69, 9.17) is 0 Å². The molecule has 2 aliphatic heterocycles. The lowest BCUT2D eigenvalue weighted by Gasteiger charge is -2.30. The minimum atomic E-state index is 0.818. The van der Waals surface area contributed by atoms with Gasteiger partial charge in [-0.05, 0) is 39.4 Å². The van der Waals surface area contributed by atoms with Crippen LogP contribution in [-0.4, -0.2) is 37.1 Å². The van der Waals surface area contributed by atoms with Crippen molar-refractivity contribution in [2.75, 3.05) is 20.1 Å². The Bertz CT molecular complexity index is 123. The zero-order chi connectivity index (χ0) is 11.0. The number of likely N-dealkylation sites (tertiary alicyclic amines) is 1. The van der Waals surface area contributed by atoms with Gasteiger partial charge in [-0.2, -0.15) is 0 Å². The van der Waals surface area contributed by atoms with Crippen molar-refractivity contribution >= 4 is 0 Å². The van der Waals surface area contributed by atoms with Crippen molar-refractivity contribution < 1.29 is 0 Å². The van der Waals surface area contributed by atoms with E-state index in [-0.39, 0.29) is 0 Å². The molecule has 2 saturated heterocycles. The van der Waals surface area contributed by atoms with E-state index in [1.54, 1.807) is 0 Å². The van der Waals surface area contributed by atoms with E-state index >= 15 is 0 Å². The lowest BCUT2D eigenvalue weighted by molar-refractivity contribution is 0.238. The summed E-state index contributed by atoms with van der Waals surface area (Å²) in [4.78, 5) is 2.50. The third kappa shape index (κ3) is 3.58. The number of piperidine rings is 1. The SMILES string of the molecule is CC.CC.CN1CCC2NCCCC21. The maximum Gasteiger partial charge on any atom is 0.0247 e. The smallest absolute Gasteiger partial charge is 0.0247 e. The van der Waals surface area contributed by atoms with E-state index in [1.165, 1.54) is 32.4 Å². The lowest BCUT2D eigenvalue weighted by atomic mass is 10.00. The summed E-state index contributed by atoms with van der Waals surface area (Å²) >= 11 is 0. The molecule has 2 atom stereocenters. The fourth-order valence-corrected chi connectivity index (χ4v) is 2.27. The van der Waals surface area contributed by atoms with Crippen molar-refractivity contribution in [2.24, 2.45) is 0 Å². The summed E-state index contributed by atoms with van der Waals surface area (Å²) in [6.07, 6.45) is 4.14. The topological polar surface area (TPSA) is 15.3 Å². The van der Waals surface area contributed by atoms with Crippen molar-refractivity contribution in [1.82, 2.24) is 10.2 Å². The first-order valence-electron chi connectivity index (χ1n) is 6.31. The van der Waals surface area contributed by atoms with Crippen LogP contribution in [0.15, 0.2) is 0 Å². The molecule has 0 bridgehead atoms. The van der Waals surface area contributed by atoms with E-state index in [1.807, 2.05) is 27.7 Å². The van der Waals surface area contributed by atoms with Crippen LogP contribution in [-0.2, 0) is 0 Å². The molecule has 14 heavy (non-hydrogen) atoms. The van der Waals surface area contributed by atoms with Crippen molar-refractivity contribution in [2.45, 2.75) is 59.0 Å².